The zero-order valence-electron chi connectivity index (χ0n) is 33.5. The highest BCUT2D eigenvalue weighted by Gasteiger charge is 2.23. The van der Waals surface area contributed by atoms with Crippen molar-refractivity contribution in [3.05, 3.63) is 218 Å². The van der Waals surface area contributed by atoms with Crippen LogP contribution in [0.3, 0.4) is 0 Å². The van der Waals surface area contributed by atoms with Crippen LogP contribution < -0.4 is 4.90 Å². The van der Waals surface area contributed by atoms with E-state index in [1.54, 1.807) is 0 Å². The summed E-state index contributed by atoms with van der Waals surface area (Å²) < 4.78 is 11.5. The smallest absolute Gasteiger partial charge is 0.227 e. The average molecular weight is 793 g/mol. The van der Waals surface area contributed by atoms with Crippen molar-refractivity contribution >= 4 is 93.3 Å². The summed E-state index contributed by atoms with van der Waals surface area (Å²) in [4.78, 5) is 7.43. The second-order valence-electron chi connectivity index (χ2n) is 16.0. The molecule has 0 fully saturated rings. The van der Waals surface area contributed by atoms with Crippen molar-refractivity contribution in [2.24, 2.45) is 0 Å². The molecule has 13 rings (SSSR count). The second-order valence-corrected chi connectivity index (χ2v) is 16.0. The van der Waals surface area contributed by atoms with Crippen LogP contribution >= 0.6 is 0 Å². The van der Waals surface area contributed by atoms with Gasteiger partial charge in [0.15, 0.2) is 5.58 Å². The lowest BCUT2D eigenvalue weighted by molar-refractivity contribution is 0.623. The second kappa shape index (κ2) is 13.6. The van der Waals surface area contributed by atoms with E-state index in [0.717, 1.165) is 83.2 Å². The lowest BCUT2D eigenvalue weighted by Gasteiger charge is -2.27. The van der Waals surface area contributed by atoms with Gasteiger partial charge >= 0.3 is 0 Å². The Morgan fingerprint density at radius 2 is 0.935 bits per heavy atom. The molecule has 0 aliphatic rings. The number of hydrogen-bond donors (Lipinski definition) is 0. The standard InChI is InChI=1S/C57H36N4O/c1-4-15-39(16-5-1)57-58-48-33-30-38-28-27-37-29-31-42(35-46(37)54(38)56(48)62-57)59(43-32-34-51-47(36-43)44-21-10-12-23-49(44)60(51)40-17-6-2-7-18-40)52-25-14-26-53-55(52)45-22-11-13-24-50(45)61(53)41-19-8-3-9-20-41/h1-36H. The lowest BCUT2D eigenvalue weighted by atomic mass is 9.99. The minimum atomic E-state index is 0.618. The summed E-state index contributed by atoms with van der Waals surface area (Å²) in [5, 5.41) is 9.16. The quantitative estimate of drug-likeness (QED) is 0.157. The molecule has 0 saturated heterocycles. The number of rotatable bonds is 6. The zero-order chi connectivity index (χ0) is 40.7. The maximum Gasteiger partial charge on any atom is 0.227 e. The van der Waals surface area contributed by atoms with Gasteiger partial charge in [0.1, 0.15) is 5.52 Å². The maximum absolute atomic E-state index is 6.69. The molecule has 3 heterocycles. The first kappa shape index (κ1) is 34.5. The van der Waals surface area contributed by atoms with Crippen molar-refractivity contribution in [1.82, 2.24) is 14.1 Å². The van der Waals surface area contributed by atoms with E-state index in [9.17, 15) is 0 Å². The Kier molecular flexibility index (Phi) is 7.54. The predicted octanol–water partition coefficient (Wildman–Crippen LogP) is 15.5. The third kappa shape index (κ3) is 5.18. The molecule has 13 aromatic rings. The van der Waals surface area contributed by atoms with E-state index in [1.807, 2.05) is 30.3 Å². The molecule has 290 valence electrons. The van der Waals surface area contributed by atoms with Crippen LogP contribution in [-0.2, 0) is 0 Å². The fourth-order valence-corrected chi connectivity index (χ4v) is 9.78. The van der Waals surface area contributed by atoms with Crippen molar-refractivity contribution in [3.8, 4) is 22.8 Å². The molecule has 0 radical (unpaired) electrons. The molecule has 0 amide bonds. The largest absolute Gasteiger partial charge is 0.435 e. The van der Waals surface area contributed by atoms with E-state index in [2.05, 4.69) is 202 Å². The predicted molar refractivity (Wildman–Crippen MR) is 258 cm³/mol. The number of aromatic nitrogens is 3. The van der Waals surface area contributed by atoms with Crippen LogP contribution in [0.1, 0.15) is 0 Å². The number of hydrogen-bond acceptors (Lipinski definition) is 3. The van der Waals surface area contributed by atoms with Crippen molar-refractivity contribution in [2.45, 2.75) is 0 Å². The molecular weight excluding hydrogens is 757 g/mol. The monoisotopic (exact) mass is 792 g/mol. The molecule has 3 aromatic heterocycles. The van der Waals surface area contributed by atoms with Crippen LogP contribution in [0.5, 0.6) is 0 Å². The van der Waals surface area contributed by atoms with E-state index < -0.39 is 0 Å². The van der Waals surface area contributed by atoms with Gasteiger partial charge in [-0.3, -0.25) is 0 Å². The molecule has 0 bridgehead atoms. The molecule has 0 saturated carbocycles. The molecule has 62 heavy (non-hydrogen) atoms. The number of oxazole rings is 1. The Labute approximate surface area is 356 Å². The third-order valence-electron chi connectivity index (χ3n) is 12.5. The number of nitrogens with zero attached hydrogens (tertiary/aromatic N) is 4. The van der Waals surface area contributed by atoms with Gasteiger partial charge in [0.2, 0.25) is 5.89 Å². The highest BCUT2D eigenvalue weighted by molar-refractivity contribution is 6.20. The first-order valence-electron chi connectivity index (χ1n) is 21.0. The average Bonchev–Trinajstić information content (AvgIpc) is 4.03. The summed E-state index contributed by atoms with van der Waals surface area (Å²) in [5.74, 6) is 0.618. The van der Waals surface area contributed by atoms with Gasteiger partial charge < -0.3 is 18.5 Å². The van der Waals surface area contributed by atoms with E-state index in [1.165, 1.54) is 27.1 Å². The Hall–Kier alpha value is -8.41. The highest BCUT2D eigenvalue weighted by atomic mass is 16.3. The Balaban J connectivity index is 1.11. The maximum atomic E-state index is 6.69. The molecule has 5 nitrogen and oxygen atoms in total. The Morgan fingerprint density at radius 1 is 0.387 bits per heavy atom. The van der Waals surface area contributed by atoms with Gasteiger partial charge in [-0.25, -0.2) is 4.98 Å². The first-order valence-corrected chi connectivity index (χ1v) is 21.0. The molecule has 0 aliphatic heterocycles. The molecule has 0 atom stereocenters. The zero-order valence-corrected chi connectivity index (χ0v) is 33.5. The molecule has 10 aromatic carbocycles. The fourth-order valence-electron chi connectivity index (χ4n) is 9.78. The number of para-hydroxylation sites is 4. The van der Waals surface area contributed by atoms with Crippen molar-refractivity contribution in [3.63, 3.8) is 0 Å². The molecule has 0 N–H and O–H groups in total. The van der Waals surface area contributed by atoms with Crippen LogP contribution in [-0.4, -0.2) is 14.1 Å². The molecule has 0 aliphatic carbocycles. The van der Waals surface area contributed by atoms with Crippen molar-refractivity contribution in [2.75, 3.05) is 4.90 Å². The number of anilines is 3. The van der Waals surface area contributed by atoms with Crippen LogP contribution in [0.4, 0.5) is 17.1 Å². The lowest BCUT2D eigenvalue weighted by Crippen LogP contribution is -2.10. The summed E-state index contributed by atoms with van der Waals surface area (Å²) in [7, 11) is 0. The van der Waals surface area contributed by atoms with Crippen LogP contribution in [0.25, 0.3) is 99.1 Å². The SMILES string of the molecule is c1ccc(-c2nc3ccc4ccc5ccc(N(c6ccc7c(c6)c6ccccc6n7-c6ccccc6)c6cccc7c6c6ccccc6n7-c6ccccc6)cc5c4c3o2)cc1. The van der Waals surface area contributed by atoms with Gasteiger partial charge in [0.05, 0.1) is 27.8 Å². The van der Waals surface area contributed by atoms with Gasteiger partial charge in [-0.2, -0.15) is 0 Å². The van der Waals surface area contributed by atoms with Gasteiger partial charge in [-0.1, -0.05) is 121 Å². The van der Waals surface area contributed by atoms with E-state index >= 15 is 0 Å². The summed E-state index contributed by atoms with van der Waals surface area (Å²) in [5.41, 5.74) is 12.7. The minimum Gasteiger partial charge on any atom is -0.435 e. The summed E-state index contributed by atoms with van der Waals surface area (Å²) >= 11 is 0. The van der Waals surface area contributed by atoms with E-state index in [4.69, 9.17) is 9.40 Å². The molecule has 0 unspecified atom stereocenters. The molecular formula is C57H36N4O. The minimum absolute atomic E-state index is 0.618. The van der Waals surface area contributed by atoms with Crippen LogP contribution in [0.2, 0.25) is 0 Å². The Morgan fingerprint density at radius 3 is 1.69 bits per heavy atom. The number of fused-ring (bicyclic) bond motifs is 11. The first-order chi connectivity index (χ1) is 30.8. The topological polar surface area (TPSA) is 39.1 Å². The summed E-state index contributed by atoms with van der Waals surface area (Å²) in [6.45, 7) is 0. The van der Waals surface area contributed by atoms with Crippen molar-refractivity contribution < 1.29 is 4.42 Å². The normalized spacial score (nSPS) is 11.9. The van der Waals surface area contributed by atoms with Gasteiger partial charge in [0, 0.05) is 55.2 Å². The molecule has 5 heteroatoms. The van der Waals surface area contributed by atoms with Gasteiger partial charge in [0.25, 0.3) is 0 Å². The Bertz CT molecular complexity index is 3860. The van der Waals surface area contributed by atoms with Crippen LogP contribution in [0.15, 0.2) is 223 Å². The highest BCUT2D eigenvalue weighted by Crippen LogP contribution is 2.47. The number of benzene rings is 10. The van der Waals surface area contributed by atoms with E-state index in [-0.39, 0.29) is 0 Å². The third-order valence-corrected chi connectivity index (χ3v) is 12.5. The van der Waals surface area contributed by atoms with Gasteiger partial charge in [-0.05, 0) is 113 Å². The summed E-state index contributed by atoms with van der Waals surface area (Å²) in [6, 6.07) is 78.1. The summed E-state index contributed by atoms with van der Waals surface area (Å²) in [6.07, 6.45) is 0. The van der Waals surface area contributed by atoms with Crippen LogP contribution in [0, 0.1) is 0 Å². The van der Waals surface area contributed by atoms with E-state index in [0.29, 0.717) is 5.89 Å². The fraction of sp³-hybridized carbons (Fsp3) is 0. The van der Waals surface area contributed by atoms with Crippen molar-refractivity contribution in [1.29, 1.82) is 0 Å². The molecule has 0 spiro atoms. The van der Waals surface area contributed by atoms with Gasteiger partial charge in [-0.15, -0.1) is 0 Å².